The van der Waals surface area contributed by atoms with Crippen LogP contribution in [-0.2, 0) is 20.9 Å². The van der Waals surface area contributed by atoms with Gasteiger partial charge in [0, 0.05) is 25.1 Å². The van der Waals surface area contributed by atoms with Gasteiger partial charge in [0.25, 0.3) is 11.8 Å². The molecule has 1 aromatic carbocycles. The number of rotatable bonds is 16. The number of hydrogen-bond donors (Lipinski definition) is 8. The number of carbonyl (C=O) groups is 6. The minimum atomic E-state index is -1.50. The molecule has 0 unspecified atom stereocenters. The quantitative estimate of drug-likeness (QED) is 0.130. The molecule has 9 N–H and O–H groups in total. The number of aliphatic carboxylic acids is 3. The number of anilines is 1. The van der Waals surface area contributed by atoms with E-state index < -0.39 is 54.3 Å². The van der Waals surface area contributed by atoms with Crippen LogP contribution in [0.15, 0.2) is 42.5 Å². The van der Waals surface area contributed by atoms with Gasteiger partial charge >= 0.3 is 23.9 Å². The number of pyridine rings is 1. The van der Waals surface area contributed by atoms with Crippen LogP contribution in [0.25, 0.3) is 0 Å². The Morgan fingerprint density at radius 3 is 2.02 bits per heavy atom. The number of nitrogens with zero attached hydrogens (tertiary/aromatic N) is 1. The van der Waals surface area contributed by atoms with Crippen molar-refractivity contribution < 1.29 is 44.1 Å². The van der Waals surface area contributed by atoms with Crippen molar-refractivity contribution in [2.75, 3.05) is 11.9 Å². The fraction of sp³-hybridized carbons (Fsp3) is 0.346. The van der Waals surface area contributed by atoms with Gasteiger partial charge in [-0.25, -0.2) is 19.4 Å². The Hall–Kier alpha value is -5.05. The van der Waals surface area contributed by atoms with E-state index in [4.69, 9.17) is 15.9 Å². The van der Waals surface area contributed by atoms with Gasteiger partial charge in [-0.1, -0.05) is 18.2 Å². The number of nitrogens with two attached hydrogens (primary N) is 1. The maximum Gasteiger partial charge on any atom is 0.326 e. The molecule has 0 aliphatic heterocycles. The molecule has 1 aromatic heterocycles. The molecule has 2 atom stereocenters. The lowest BCUT2D eigenvalue weighted by Crippen LogP contribution is -2.51. The fourth-order valence-corrected chi connectivity index (χ4v) is 3.52. The van der Waals surface area contributed by atoms with Crippen LogP contribution in [0.5, 0.6) is 0 Å². The van der Waals surface area contributed by atoms with E-state index in [0.29, 0.717) is 18.5 Å². The Morgan fingerprint density at radius 1 is 0.805 bits per heavy atom. The van der Waals surface area contributed by atoms with E-state index in [2.05, 4.69) is 26.3 Å². The molecule has 0 saturated heterocycles. The normalized spacial score (nSPS) is 11.9. The van der Waals surface area contributed by atoms with Crippen LogP contribution in [0.3, 0.4) is 0 Å². The second kappa shape index (κ2) is 16.1. The first-order valence-corrected chi connectivity index (χ1v) is 12.6. The number of carboxylic acids is 3. The first-order valence-electron chi connectivity index (χ1n) is 12.6. The maximum atomic E-state index is 12.5. The number of hydrogen-bond acceptors (Lipinski definition) is 8. The van der Waals surface area contributed by atoms with Crippen molar-refractivity contribution in [1.29, 1.82) is 0 Å². The number of nitrogens with one attached hydrogen (secondary N) is 4. The van der Waals surface area contributed by atoms with Crippen LogP contribution in [-0.4, -0.2) is 74.7 Å². The highest BCUT2D eigenvalue weighted by Crippen LogP contribution is 2.10. The molecule has 1 heterocycles. The third-order valence-corrected chi connectivity index (χ3v) is 5.73. The molecule has 0 fully saturated rings. The molecule has 4 amide bonds. The molecule has 220 valence electrons. The van der Waals surface area contributed by atoms with E-state index in [9.17, 15) is 33.9 Å². The highest BCUT2D eigenvalue weighted by Gasteiger charge is 2.24. The van der Waals surface area contributed by atoms with Crippen molar-refractivity contribution in [3.63, 3.8) is 0 Å². The number of carbonyl (C=O) groups excluding carboxylic acids is 3. The first-order chi connectivity index (χ1) is 19.5. The third kappa shape index (κ3) is 11.3. The lowest BCUT2D eigenvalue weighted by atomic mass is 10.1. The number of amides is 4. The van der Waals surface area contributed by atoms with Crippen molar-refractivity contribution in [1.82, 2.24) is 20.9 Å². The van der Waals surface area contributed by atoms with Gasteiger partial charge in [0.15, 0.2) is 0 Å². The molecule has 0 saturated carbocycles. The van der Waals surface area contributed by atoms with Gasteiger partial charge in [-0.15, -0.1) is 0 Å². The highest BCUT2D eigenvalue weighted by molar-refractivity contribution is 6.04. The van der Waals surface area contributed by atoms with E-state index in [1.54, 1.807) is 30.3 Å². The number of urea groups is 1. The summed E-state index contributed by atoms with van der Waals surface area (Å²) in [7, 11) is 0. The summed E-state index contributed by atoms with van der Waals surface area (Å²) in [6.07, 6.45) is -0.250. The van der Waals surface area contributed by atoms with Gasteiger partial charge in [0.2, 0.25) is 0 Å². The summed E-state index contributed by atoms with van der Waals surface area (Å²) in [4.78, 5) is 74.5. The van der Waals surface area contributed by atoms with Crippen molar-refractivity contribution in [2.24, 2.45) is 5.73 Å². The highest BCUT2D eigenvalue weighted by atomic mass is 16.4. The lowest BCUT2D eigenvalue weighted by Gasteiger charge is -2.18. The topological polar surface area (TPSA) is 250 Å². The molecule has 0 spiro atoms. The van der Waals surface area contributed by atoms with Gasteiger partial charge in [0.1, 0.15) is 23.6 Å². The largest absolute Gasteiger partial charge is 0.481 e. The van der Waals surface area contributed by atoms with Crippen LogP contribution in [0.2, 0.25) is 0 Å². The molecule has 15 heteroatoms. The smallest absolute Gasteiger partial charge is 0.326 e. The van der Waals surface area contributed by atoms with E-state index in [1.165, 1.54) is 12.1 Å². The molecule has 0 aliphatic rings. The van der Waals surface area contributed by atoms with Gasteiger partial charge in [-0.2, -0.15) is 0 Å². The van der Waals surface area contributed by atoms with E-state index in [1.807, 2.05) is 0 Å². The minimum absolute atomic E-state index is 0.0164. The summed E-state index contributed by atoms with van der Waals surface area (Å²) >= 11 is 0. The zero-order valence-electron chi connectivity index (χ0n) is 22.0. The molecular weight excluding hydrogens is 540 g/mol. The summed E-state index contributed by atoms with van der Waals surface area (Å²) in [5, 5.41) is 36.6. The SMILES string of the molecule is NCc1ccc(C(=O)Nc2cccc(C(=O)NCCCC[C@H](NC(=O)N[C@@H](CCC(=O)O)C(=O)O)C(=O)O)n2)cc1. The molecule has 15 nitrogen and oxygen atoms in total. The van der Waals surface area contributed by atoms with Crippen LogP contribution in [0, 0.1) is 0 Å². The van der Waals surface area contributed by atoms with Crippen LogP contribution in [0.4, 0.5) is 10.6 Å². The van der Waals surface area contributed by atoms with E-state index in [-0.39, 0.29) is 37.3 Å². The summed E-state index contributed by atoms with van der Waals surface area (Å²) in [5.74, 6) is -4.79. The Bertz CT molecular complexity index is 1250. The van der Waals surface area contributed by atoms with Crippen molar-refractivity contribution in [3.8, 4) is 0 Å². The minimum Gasteiger partial charge on any atom is -0.481 e. The molecule has 41 heavy (non-hydrogen) atoms. The van der Waals surface area contributed by atoms with Crippen molar-refractivity contribution in [3.05, 3.63) is 59.3 Å². The number of aromatic nitrogens is 1. The summed E-state index contributed by atoms with van der Waals surface area (Å²) in [5.41, 5.74) is 6.88. The summed E-state index contributed by atoms with van der Waals surface area (Å²) < 4.78 is 0. The Morgan fingerprint density at radius 2 is 1.44 bits per heavy atom. The van der Waals surface area contributed by atoms with E-state index in [0.717, 1.165) is 5.56 Å². The zero-order valence-corrected chi connectivity index (χ0v) is 22.0. The predicted molar refractivity (Wildman–Crippen MR) is 144 cm³/mol. The second-order valence-corrected chi connectivity index (χ2v) is 8.85. The van der Waals surface area contributed by atoms with Crippen LogP contribution >= 0.6 is 0 Å². The number of unbranched alkanes of at least 4 members (excludes halogenated alkanes) is 1. The molecular formula is C26H32N6O9. The Kier molecular flexibility index (Phi) is 12.7. The Balaban J connectivity index is 1.79. The van der Waals surface area contributed by atoms with Gasteiger partial charge in [0.05, 0.1) is 0 Å². The summed E-state index contributed by atoms with van der Waals surface area (Å²) in [6.45, 7) is 0.515. The van der Waals surface area contributed by atoms with Gasteiger partial charge in [-0.05, 0) is 55.5 Å². The number of benzene rings is 1. The van der Waals surface area contributed by atoms with Crippen LogP contribution in [0.1, 0.15) is 58.5 Å². The average Bonchev–Trinajstić information content (AvgIpc) is 2.94. The maximum absolute atomic E-state index is 12.5. The molecule has 2 rings (SSSR count). The summed E-state index contributed by atoms with van der Waals surface area (Å²) in [6, 6.07) is 7.36. The van der Waals surface area contributed by atoms with Gasteiger partial charge in [-0.3, -0.25) is 14.4 Å². The third-order valence-electron chi connectivity index (χ3n) is 5.73. The molecule has 0 bridgehead atoms. The Labute approximate surface area is 234 Å². The molecule has 0 aliphatic carbocycles. The standard InChI is InChI=1S/C26H32N6O9/c27-14-15-7-9-16(10-8-15)22(35)32-20-6-3-5-17(29-20)23(36)28-13-2-1-4-18(24(37)38)30-26(41)31-19(25(39)40)11-12-21(33)34/h3,5-10,18-19H,1-2,4,11-14,27H2,(H,28,36)(H,33,34)(H,37,38)(H,39,40)(H,29,32,35)(H2,30,31,41)/t18-,19-/m0/s1. The molecule has 2 aromatic rings. The fourth-order valence-electron chi connectivity index (χ4n) is 3.52. The first kappa shape index (κ1) is 32.2. The zero-order chi connectivity index (χ0) is 30.4. The predicted octanol–water partition coefficient (Wildman–Crippen LogP) is 0.763. The van der Waals surface area contributed by atoms with Crippen molar-refractivity contribution in [2.45, 2.75) is 50.7 Å². The average molecular weight is 573 g/mol. The monoisotopic (exact) mass is 572 g/mol. The molecule has 0 radical (unpaired) electrons. The lowest BCUT2D eigenvalue weighted by molar-refractivity contribution is -0.140. The van der Waals surface area contributed by atoms with Crippen LogP contribution < -0.4 is 27.0 Å². The number of carboxylic acid groups (broad SMARTS) is 3. The van der Waals surface area contributed by atoms with Gasteiger partial charge < -0.3 is 42.3 Å². The second-order valence-electron chi connectivity index (χ2n) is 8.85. The van der Waals surface area contributed by atoms with E-state index >= 15 is 0 Å². The van der Waals surface area contributed by atoms with Crippen molar-refractivity contribution >= 4 is 41.6 Å².